The van der Waals surface area contributed by atoms with Crippen LogP contribution in [0, 0.1) is 6.92 Å². The Kier molecular flexibility index (Phi) is 4.17. The molecule has 0 aliphatic carbocycles. The van der Waals surface area contributed by atoms with Gasteiger partial charge in [-0.15, -0.1) is 0 Å². The minimum atomic E-state index is -0.195. The molecular formula is C14H17ClN4O3. The molecule has 0 radical (unpaired) electrons. The Labute approximate surface area is 132 Å². The molecule has 1 fully saturated rings. The molecule has 0 spiro atoms. The van der Waals surface area contributed by atoms with Crippen LogP contribution >= 0.6 is 11.6 Å². The largest absolute Gasteiger partial charge is 0.452 e. The first-order valence-corrected chi connectivity index (χ1v) is 7.43. The Hall–Kier alpha value is -1.86. The predicted molar refractivity (Wildman–Crippen MR) is 78.9 cm³/mol. The summed E-state index contributed by atoms with van der Waals surface area (Å²) < 4.78 is 10.7. The first-order chi connectivity index (χ1) is 10.6. The van der Waals surface area contributed by atoms with E-state index in [1.54, 1.807) is 18.0 Å². The molecule has 7 nitrogen and oxygen atoms in total. The highest BCUT2D eigenvalue weighted by Crippen LogP contribution is 2.30. The van der Waals surface area contributed by atoms with Gasteiger partial charge in [0.15, 0.2) is 5.82 Å². The molecule has 0 saturated carbocycles. The number of likely N-dealkylation sites (N-methyl/N-ethyl adjacent to an activating group) is 1. The smallest absolute Gasteiger partial charge is 0.258 e. The van der Waals surface area contributed by atoms with E-state index in [-0.39, 0.29) is 23.1 Å². The van der Waals surface area contributed by atoms with Gasteiger partial charge < -0.3 is 14.1 Å². The highest BCUT2D eigenvalue weighted by Gasteiger charge is 2.34. The zero-order chi connectivity index (χ0) is 15.7. The van der Waals surface area contributed by atoms with Gasteiger partial charge in [-0.25, -0.2) is 4.98 Å². The third-order valence-electron chi connectivity index (χ3n) is 3.80. The molecule has 2 aromatic heterocycles. The number of H-pyrrole nitrogens is 1. The first-order valence-electron chi connectivity index (χ1n) is 7.05. The number of aromatic amines is 1. The number of amides is 1. The van der Waals surface area contributed by atoms with Crippen molar-refractivity contribution in [2.45, 2.75) is 25.4 Å². The summed E-state index contributed by atoms with van der Waals surface area (Å²) in [7, 11) is 1.72. The molecule has 22 heavy (non-hydrogen) atoms. The minimum Gasteiger partial charge on any atom is -0.452 e. The number of halogens is 1. The van der Waals surface area contributed by atoms with E-state index in [2.05, 4.69) is 15.2 Å². The van der Waals surface area contributed by atoms with E-state index in [1.165, 1.54) is 6.26 Å². The number of carbonyl (C=O) groups is 1. The number of hydrogen-bond acceptors (Lipinski definition) is 5. The van der Waals surface area contributed by atoms with Crippen LogP contribution in [-0.2, 0) is 4.74 Å². The van der Waals surface area contributed by atoms with E-state index in [9.17, 15) is 4.79 Å². The van der Waals surface area contributed by atoms with Crippen molar-refractivity contribution >= 4 is 17.5 Å². The number of ether oxygens (including phenoxy) is 1. The Bertz CT molecular complexity index is 669. The van der Waals surface area contributed by atoms with Gasteiger partial charge in [0.25, 0.3) is 5.91 Å². The molecule has 0 unspecified atom stereocenters. The number of rotatable bonds is 4. The van der Waals surface area contributed by atoms with Gasteiger partial charge in [-0.2, -0.15) is 5.10 Å². The fourth-order valence-corrected chi connectivity index (χ4v) is 2.85. The maximum Gasteiger partial charge on any atom is 0.258 e. The molecule has 2 aromatic rings. The van der Waals surface area contributed by atoms with Crippen molar-refractivity contribution in [3.05, 3.63) is 34.8 Å². The van der Waals surface area contributed by atoms with E-state index < -0.39 is 0 Å². The topological polar surface area (TPSA) is 84.2 Å². The lowest BCUT2D eigenvalue weighted by Crippen LogP contribution is -2.36. The lowest BCUT2D eigenvalue weighted by Gasteiger charge is -2.23. The predicted octanol–water partition coefficient (Wildman–Crippen LogP) is 2.00. The second-order valence-electron chi connectivity index (χ2n) is 5.38. The van der Waals surface area contributed by atoms with Crippen molar-refractivity contribution in [2.75, 3.05) is 20.2 Å². The number of aromatic nitrogens is 3. The summed E-state index contributed by atoms with van der Waals surface area (Å²) in [4.78, 5) is 18.3. The van der Waals surface area contributed by atoms with Crippen molar-refractivity contribution in [3.8, 4) is 0 Å². The highest BCUT2D eigenvalue weighted by molar-refractivity contribution is 6.32. The molecule has 1 N–H and O–H groups in total. The average molecular weight is 325 g/mol. The number of furan rings is 1. The van der Waals surface area contributed by atoms with Crippen LogP contribution in [0.25, 0.3) is 0 Å². The molecule has 2 atom stereocenters. The van der Waals surface area contributed by atoms with Crippen LogP contribution in [0.5, 0.6) is 0 Å². The summed E-state index contributed by atoms with van der Waals surface area (Å²) in [6.45, 7) is 2.94. The maximum atomic E-state index is 12.4. The minimum absolute atomic E-state index is 0.0834. The Balaban J connectivity index is 1.69. The number of hydrogen-bond donors (Lipinski definition) is 1. The van der Waals surface area contributed by atoms with Gasteiger partial charge in [-0.1, -0.05) is 0 Å². The molecule has 1 aliphatic heterocycles. The molecule has 118 valence electrons. The average Bonchev–Trinajstić information content (AvgIpc) is 3.19. The van der Waals surface area contributed by atoms with Crippen molar-refractivity contribution in [1.82, 2.24) is 20.1 Å². The highest BCUT2D eigenvalue weighted by atomic mass is 35.5. The number of aryl methyl sites for hydroxylation is 1. The number of nitrogens with one attached hydrogen (secondary N) is 1. The summed E-state index contributed by atoms with van der Waals surface area (Å²) in [6, 6.07) is 1.56. The molecular weight excluding hydrogens is 308 g/mol. The maximum absolute atomic E-state index is 12.4. The zero-order valence-corrected chi connectivity index (χ0v) is 13.1. The Morgan fingerprint density at radius 3 is 3.05 bits per heavy atom. The SMILES string of the molecule is Cc1nc([C@@H]2CCO[C@@H]2CN(C)C(=O)c2ccoc2Cl)n[nH]1. The second kappa shape index (κ2) is 6.10. The number of nitrogens with zero attached hydrogens (tertiary/aromatic N) is 3. The normalized spacial score (nSPS) is 21.2. The van der Waals surface area contributed by atoms with Crippen LogP contribution in [0.1, 0.15) is 34.3 Å². The van der Waals surface area contributed by atoms with Crippen LogP contribution < -0.4 is 0 Å². The number of carbonyl (C=O) groups excluding carboxylic acids is 1. The lowest BCUT2D eigenvalue weighted by molar-refractivity contribution is 0.0550. The monoisotopic (exact) mass is 324 g/mol. The Morgan fingerprint density at radius 2 is 2.41 bits per heavy atom. The standard InChI is InChI=1S/C14H17ClN4O3/c1-8-16-13(18-17-8)9-3-5-21-11(9)7-19(2)14(20)10-4-6-22-12(10)15/h4,6,9,11H,3,5,7H2,1-2H3,(H,16,17,18)/t9-,11-/m1/s1. The second-order valence-corrected chi connectivity index (χ2v) is 5.72. The summed E-state index contributed by atoms with van der Waals surface area (Å²) in [5.74, 6) is 1.40. The van der Waals surface area contributed by atoms with Gasteiger partial charge in [-0.3, -0.25) is 9.89 Å². The molecule has 1 amide bonds. The lowest BCUT2D eigenvalue weighted by atomic mass is 10.0. The van der Waals surface area contributed by atoms with Gasteiger partial charge in [-0.05, 0) is 31.0 Å². The van der Waals surface area contributed by atoms with Crippen LogP contribution in [0.2, 0.25) is 5.22 Å². The third kappa shape index (κ3) is 2.86. The summed E-state index contributed by atoms with van der Waals surface area (Å²) in [5, 5.41) is 7.16. The van der Waals surface area contributed by atoms with Crippen molar-refractivity contribution in [3.63, 3.8) is 0 Å². The molecule has 1 saturated heterocycles. The van der Waals surface area contributed by atoms with Gasteiger partial charge >= 0.3 is 0 Å². The van der Waals surface area contributed by atoms with Crippen LogP contribution in [-0.4, -0.2) is 52.3 Å². The van der Waals surface area contributed by atoms with Crippen LogP contribution in [0.3, 0.4) is 0 Å². The van der Waals surface area contributed by atoms with Crippen molar-refractivity contribution in [2.24, 2.45) is 0 Å². The summed E-state index contributed by atoms with van der Waals surface area (Å²) in [5.41, 5.74) is 0.354. The first kappa shape index (κ1) is 15.1. The summed E-state index contributed by atoms with van der Waals surface area (Å²) >= 11 is 5.85. The van der Waals surface area contributed by atoms with Gasteiger partial charge in [0.05, 0.1) is 23.8 Å². The molecule has 0 bridgehead atoms. The van der Waals surface area contributed by atoms with E-state index in [1.807, 2.05) is 6.92 Å². The molecule has 0 aromatic carbocycles. The molecule has 3 heterocycles. The van der Waals surface area contributed by atoms with Crippen LogP contribution in [0.15, 0.2) is 16.7 Å². The summed E-state index contributed by atoms with van der Waals surface area (Å²) in [6.07, 6.45) is 2.11. The molecule has 1 aliphatic rings. The van der Waals surface area contributed by atoms with Crippen LogP contribution in [0.4, 0.5) is 0 Å². The van der Waals surface area contributed by atoms with Crippen molar-refractivity contribution in [1.29, 1.82) is 0 Å². The van der Waals surface area contributed by atoms with E-state index >= 15 is 0 Å². The fourth-order valence-electron chi connectivity index (χ4n) is 2.65. The quantitative estimate of drug-likeness (QED) is 0.930. The Morgan fingerprint density at radius 1 is 1.59 bits per heavy atom. The van der Waals surface area contributed by atoms with Gasteiger partial charge in [0, 0.05) is 20.2 Å². The van der Waals surface area contributed by atoms with Gasteiger partial charge in [0.2, 0.25) is 5.22 Å². The van der Waals surface area contributed by atoms with E-state index in [4.69, 9.17) is 20.8 Å². The molecule has 8 heteroatoms. The zero-order valence-electron chi connectivity index (χ0n) is 12.4. The third-order valence-corrected chi connectivity index (χ3v) is 4.10. The fraction of sp³-hybridized carbons (Fsp3) is 0.500. The molecule has 3 rings (SSSR count). The van der Waals surface area contributed by atoms with E-state index in [0.29, 0.717) is 18.7 Å². The van der Waals surface area contributed by atoms with Gasteiger partial charge in [0.1, 0.15) is 5.82 Å². The van der Waals surface area contributed by atoms with Crippen molar-refractivity contribution < 1.29 is 13.9 Å². The van der Waals surface area contributed by atoms with E-state index in [0.717, 1.165) is 18.1 Å².